The van der Waals surface area contributed by atoms with Crippen LogP contribution in [0.5, 0.6) is 0 Å². The van der Waals surface area contributed by atoms with Gasteiger partial charge in [0.15, 0.2) is 0 Å². The molecule has 0 bridgehead atoms. The first-order chi connectivity index (χ1) is 16.4. The fourth-order valence-corrected chi connectivity index (χ4v) is 4.10. The molecule has 0 radical (unpaired) electrons. The van der Waals surface area contributed by atoms with Crippen LogP contribution in [-0.4, -0.2) is 58.7 Å². The Morgan fingerprint density at radius 1 is 1.18 bits per heavy atom. The topological polar surface area (TPSA) is 106 Å². The van der Waals surface area contributed by atoms with Gasteiger partial charge in [0.25, 0.3) is 5.91 Å². The Kier molecular flexibility index (Phi) is 6.50. The quantitative estimate of drug-likeness (QED) is 0.632. The SMILES string of the molecule is CN(CC(=O)N1CC(C(=O)Nc2ccccc2)CC1C#N)C(=O)c1ccnc2cccc(F)c12. The number of fused-ring (bicyclic) bond motifs is 1. The highest BCUT2D eigenvalue weighted by molar-refractivity contribution is 6.07. The van der Waals surface area contributed by atoms with E-state index in [2.05, 4.69) is 16.4 Å². The molecular weight excluding hydrogens is 437 g/mol. The van der Waals surface area contributed by atoms with Crippen molar-refractivity contribution >= 4 is 34.3 Å². The van der Waals surface area contributed by atoms with Gasteiger partial charge in [-0.3, -0.25) is 19.4 Å². The number of rotatable bonds is 5. The van der Waals surface area contributed by atoms with Crippen molar-refractivity contribution < 1.29 is 18.8 Å². The number of para-hydroxylation sites is 1. The van der Waals surface area contributed by atoms with Gasteiger partial charge in [-0.2, -0.15) is 5.26 Å². The van der Waals surface area contributed by atoms with Crippen LogP contribution < -0.4 is 5.32 Å². The first-order valence-electron chi connectivity index (χ1n) is 10.7. The second kappa shape index (κ2) is 9.67. The van der Waals surface area contributed by atoms with Crippen molar-refractivity contribution in [1.82, 2.24) is 14.8 Å². The average molecular weight is 459 g/mol. The van der Waals surface area contributed by atoms with Crippen LogP contribution in [0, 0.1) is 23.1 Å². The van der Waals surface area contributed by atoms with Gasteiger partial charge < -0.3 is 15.1 Å². The van der Waals surface area contributed by atoms with E-state index in [1.165, 1.54) is 41.2 Å². The lowest BCUT2D eigenvalue weighted by Gasteiger charge is -2.24. The van der Waals surface area contributed by atoms with Crippen LogP contribution in [0.25, 0.3) is 10.9 Å². The van der Waals surface area contributed by atoms with Gasteiger partial charge in [0, 0.05) is 30.9 Å². The zero-order chi connectivity index (χ0) is 24.2. The van der Waals surface area contributed by atoms with Crippen LogP contribution in [-0.2, 0) is 9.59 Å². The Balaban J connectivity index is 1.45. The van der Waals surface area contributed by atoms with Crippen LogP contribution in [0.2, 0.25) is 0 Å². The number of likely N-dealkylation sites (tertiary alicyclic amines) is 1. The second-order valence-corrected chi connectivity index (χ2v) is 8.13. The van der Waals surface area contributed by atoms with Crippen LogP contribution >= 0.6 is 0 Å². The van der Waals surface area contributed by atoms with E-state index in [1.54, 1.807) is 30.3 Å². The number of halogens is 1. The zero-order valence-electron chi connectivity index (χ0n) is 18.4. The maximum atomic E-state index is 14.4. The summed E-state index contributed by atoms with van der Waals surface area (Å²) in [7, 11) is 1.43. The fraction of sp³-hybridized carbons (Fsp3) is 0.240. The lowest BCUT2D eigenvalue weighted by molar-refractivity contribution is -0.131. The van der Waals surface area contributed by atoms with Gasteiger partial charge in [-0.1, -0.05) is 24.3 Å². The Morgan fingerprint density at radius 3 is 2.68 bits per heavy atom. The molecule has 0 spiro atoms. The minimum absolute atomic E-state index is 0.0740. The number of nitrogens with one attached hydrogen (secondary N) is 1. The molecule has 2 unspecified atom stereocenters. The number of carbonyl (C=O) groups excluding carboxylic acids is 3. The summed E-state index contributed by atoms with van der Waals surface area (Å²) in [4.78, 5) is 45.2. The van der Waals surface area contributed by atoms with Gasteiger partial charge in [0.1, 0.15) is 11.9 Å². The molecular formula is C25H22FN5O3. The number of anilines is 1. The maximum absolute atomic E-state index is 14.4. The second-order valence-electron chi connectivity index (χ2n) is 8.13. The first-order valence-corrected chi connectivity index (χ1v) is 10.7. The summed E-state index contributed by atoms with van der Waals surface area (Å²) in [5, 5.41) is 12.4. The summed E-state index contributed by atoms with van der Waals surface area (Å²) >= 11 is 0. The number of hydrogen-bond donors (Lipinski definition) is 1. The molecule has 8 nitrogen and oxygen atoms in total. The highest BCUT2D eigenvalue weighted by atomic mass is 19.1. The first kappa shape index (κ1) is 22.9. The van der Waals surface area contributed by atoms with E-state index in [1.807, 2.05) is 6.07 Å². The third kappa shape index (κ3) is 4.57. The van der Waals surface area contributed by atoms with Crippen molar-refractivity contribution in [2.75, 3.05) is 25.5 Å². The number of aromatic nitrogens is 1. The molecule has 2 heterocycles. The summed E-state index contributed by atoms with van der Waals surface area (Å²) in [6.45, 7) is -0.243. The van der Waals surface area contributed by atoms with E-state index in [-0.39, 0.29) is 36.4 Å². The van der Waals surface area contributed by atoms with Gasteiger partial charge in [-0.15, -0.1) is 0 Å². The monoisotopic (exact) mass is 459 g/mol. The lowest BCUT2D eigenvalue weighted by Crippen LogP contribution is -2.43. The molecule has 172 valence electrons. The molecule has 1 aromatic heterocycles. The van der Waals surface area contributed by atoms with Crippen molar-refractivity contribution in [3.63, 3.8) is 0 Å². The Labute approximate surface area is 195 Å². The number of amides is 3. The Hall–Kier alpha value is -4.32. The third-order valence-electron chi connectivity index (χ3n) is 5.85. The maximum Gasteiger partial charge on any atom is 0.254 e. The van der Waals surface area contributed by atoms with E-state index in [9.17, 15) is 24.0 Å². The highest BCUT2D eigenvalue weighted by Gasteiger charge is 2.39. The van der Waals surface area contributed by atoms with Crippen LogP contribution in [0.1, 0.15) is 16.8 Å². The summed E-state index contributed by atoms with van der Waals surface area (Å²) in [6.07, 6.45) is 1.62. The van der Waals surface area contributed by atoms with E-state index in [0.29, 0.717) is 11.2 Å². The third-order valence-corrected chi connectivity index (χ3v) is 5.85. The van der Waals surface area contributed by atoms with Crippen LogP contribution in [0.3, 0.4) is 0 Å². The van der Waals surface area contributed by atoms with Gasteiger partial charge in [-0.05, 0) is 36.8 Å². The van der Waals surface area contributed by atoms with Gasteiger partial charge >= 0.3 is 0 Å². The number of benzene rings is 2. The molecule has 1 saturated heterocycles. The lowest BCUT2D eigenvalue weighted by atomic mass is 10.1. The minimum atomic E-state index is -0.776. The smallest absolute Gasteiger partial charge is 0.254 e. The molecule has 3 amide bonds. The molecule has 3 aromatic rings. The van der Waals surface area contributed by atoms with Crippen molar-refractivity contribution in [3.05, 3.63) is 72.2 Å². The predicted octanol–water partition coefficient (Wildman–Crippen LogP) is 2.83. The molecule has 1 aliphatic rings. The van der Waals surface area contributed by atoms with E-state index >= 15 is 0 Å². The number of likely N-dealkylation sites (N-methyl/N-ethyl adjacent to an activating group) is 1. The van der Waals surface area contributed by atoms with E-state index < -0.39 is 29.6 Å². The minimum Gasteiger partial charge on any atom is -0.332 e. The van der Waals surface area contributed by atoms with Gasteiger partial charge in [0.05, 0.1) is 29.6 Å². The summed E-state index contributed by atoms with van der Waals surface area (Å²) in [5.41, 5.74) is 1.06. The van der Waals surface area contributed by atoms with Gasteiger partial charge in [0.2, 0.25) is 11.8 Å². The summed E-state index contributed by atoms with van der Waals surface area (Å²) in [5.74, 6) is -2.41. The molecule has 1 aliphatic heterocycles. The van der Waals surface area contributed by atoms with Crippen molar-refractivity contribution in [2.24, 2.45) is 5.92 Å². The number of hydrogen-bond acceptors (Lipinski definition) is 5. The summed E-state index contributed by atoms with van der Waals surface area (Å²) in [6, 6.07) is 16.0. The Morgan fingerprint density at radius 2 is 1.94 bits per heavy atom. The Bertz CT molecular complexity index is 1290. The highest BCUT2D eigenvalue weighted by Crippen LogP contribution is 2.25. The number of nitriles is 1. The molecule has 1 N–H and O–H groups in total. The number of pyridine rings is 1. The molecule has 0 aliphatic carbocycles. The number of nitrogens with zero attached hydrogens (tertiary/aromatic N) is 4. The van der Waals surface area contributed by atoms with Crippen molar-refractivity contribution in [2.45, 2.75) is 12.5 Å². The van der Waals surface area contributed by atoms with Crippen LogP contribution in [0.4, 0.5) is 10.1 Å². The fourth-order valence-electron chi connectivity index (χ4n) is 4.10. The molecule has 34 heavy (non-hydrogen) atoms. The molecule has 1 fully saturated rings. The van der Waals surface area contributed by atoms with Crippen molar-refractivity contribution in [3.8, 4) is 6.07 Å². The van der Waals surface area contributed by atoms with Crippen molar-refractivity contribution in [1.29, 1.82) is 5.26 Å². The van der Waals surface area contributed by atoms with E-state index in [0.717, 1.165) is 0 Å². The molecule has 0 saturated carbocycles. The normalized spacial score (nSPS) is 17.3. The van der Waals surface area contributed by atoms with Gasteiger partial charge in [-0.25, -0.2) is 4.39 Å². The molecule has 2 aromatic carbocycles. The predicted molar refractivity (Wildman–Crippen MR) is 123 cm³/mol. The van der Waals surface area contributed by atoms with Crippen LogP contribution in [0.15, 0.2) is 60.8 Å². The average Bonchev–Trinajstić information content (AvgIpc) is 3.29. The zero-order valence-corrected chi connectivity index (χ0v) is 18.4. The molecule has 2 atom stereocenters. The van der Waals surface area contributed by atoms with E-state index in [4.69, 9.17) is 0 Å². The number of carbonyl (C=O) groups is 3. The largest absolute Gasteiger partial charge is 0.332 e. The molecule has 4 rings (SSSR count). The molecule has 9 heteroatoms. The summed E-state index contributed by atoms with van der Waals surface area (Å²) < 4.78 is 14.4. The standard InChI is InChI=1S/C25H22FN5O3/c1-30(25(34)19-10-11-28-21-9-5-8-20(26)23(19)21)15-22(32)31-14-16(12-18(31)13-27)24(33)29-17-6-3-2-4-7-17/h2-11,16,18H,12,14-15H2,1H3,(H,29,33).